The Morgan fingerprint density at radius 3 is 2.52 bits per heavy atom. The van der Waals surface area contributed by atoms with E-state index in [0.717, 1.165) is 22.8 Å². The van der Waals surface area contributed by atoms with Crippen molar-refractivity contribution in [3.63, 3.8) is 0 Å². The second kappa shape index (κ2) is 5.25. The van der Waals surface area contributed by atoms with Gasteiger partial charge in [0.05, 0.1) is 11.9 Å². The molecule has 2 aromatic heterocycles. The van der Waals surface area contributed by atoms with Gasteiger partial charge in [-0.3, -0.25) is 4.79 Å². The quantitative estimate of drug-likeness (QED) is 0.559. The lowest BCUT2D eigenvalue weighted by molar-refractivity contribution is 0.783. The zero-order valence-corrected chi connectivity index (χ0v) is 13.3. The second-order valence-corrected chi connectivity index (χ2v) is 5.80. The maximum Gasteiger partial charge on any atom is 0.296 e. The Hall–Kier alpha value is -2.59. The van der Waals surface area contributed by atoms with Crippen LogP contribution in [0.4, 0.5) is 0 Å². The minimum Gasteiger partial charge on any atom is -0.336 e. The van der Waals surface area contributed by atoms with Crippen molar-refractivity contribution in [1.82, 2.24) is 14.3 Å². The molecule has 0 saturated heterocycles. The molecule has 0 fully saturated rings. The SMILES string of the molecule is CCn1c2ccccc2c2cnn(-c3ccc(Cl)cc3)c(=O)c21. The monoisotopic (exact) mass is 323 g/mol. The number of hydrogen-bond donors (Lipinski definition) is 0. The second-order valence-electron chi connectivity index (χ2n) is 5.36. The van der Waals surface area contributed by atoms with Crippen LogP contribution in [0.1, 0.15) is 6.92 Å². The van der Waals surface area contributed by atoms with Gasteiger partial charge in [0.2, 0.25) is 0 Å². The number of aromatic nitrogens is 3. The summed E-state index contributed by atoms with van der Waals surface area (Å²) in [6, 6.07) is 15.1. The van der Waals surface area contributed by atoms with Gasteiger partial charge in [0.1, 0.15) is 5.52 Å². The molecular weight excluding hydrogens is 310 g/mol. The Labute approximate surface area is 137 Å². The average molecular weight is 324 g/mol. The number of nitrogens with zero attached hydrogens (tertiary/aromatic N) is 3. The largest absolute Gasteiger partial charge is 0.336 e. The van der Waals surface area contributed by atoms with Crippen LogP contribution in [0.25, 0.3) is 27.5 Å². The summed E-state index contributed by atoms with van der Waals surface area (Å²) in [7, 11) is 0. The van der Waals surface area contributed by atoms with Crippen molar-refractivity contribution in [2.75, 3.05) is 0 Å². The number of halogens is 1. The van der Waals surface area contributed by atoms with Gasteiger partial charge in [0.15, 0.2) is 0 Å². The summed E-state index contributed by atoms with van der Waals surface area (Å²) in [6.07, 6.45) is 1.76. The van der Waals surface area contributed by atoms with Crippen molar-refractivity contribution < 1.29 is 0 Å². The fraction of sp³-hybridized carbons (Fsp3) is 0.111. The molecule has 0 radical (unpaired) electrons. The number of rotatable bonds is 2. The summed E-state index contributed by atoms with van der Waals surface area (Å²) in [5.74, 6) is 0. The number of benzene rings is 2. The highest BCUT2D eigenvalue weighted by Crippen LogP contribution is 2.26. The van der Waals surface area contributed by atoms with E-state index < -0.39 is 0 Å². The molecule has 0 N–H and O–H groups in total. The molecule has 4 aromatic rings. The van der Waals surface area contributed by atoms with Gasteiger partial charge in [-0.2, -0.15) is 9.78 Å². The predicted molar refractivity (Wildman–Crippen MR) is 93.5 cm³/mol. The molecule has 2 aromatic carbocycles. The summed E-state index contributed by atoms with van der Waals surface area (Å²) >= 11 is 5.92. The maximum atomic E-state index is 13.0. The van der Waals surface area contributed by atoms with E-state index >= 15 is 0 Å². The molecule has 0 bridgehead atoms. The highest BCUT2D eigenvalue weighted by Gasteiger charge is 2.15. The first-order chi connectivity index (χ1) is 11.2. The van der Waals surface area contributed by atoms with E-state index in [1.807, 2.05) is 35.8 Å². The Morgan fingerprint density at radius 2 is 1.78 bits per heavy atom. The molecule has 2 heterocycles. The number of fused-ring (bicyclic) bond motifs is 3. The van der Waals surface area contributed by atoms with Gasteiger partial charge in [-0.25, -0.2) is 0 Å². The minimum atomic E-state index is -0.122. The summed E-state index contributed by atoms with van der Waals surface area (Å²) in [4.78, 5) is 13.0. The van der Waals surface area contributed by atoms with E-state index in [-0.39, 0.29) is 5.56 Å². The highest BCUT2D eigenvalue weighted by atomic mass is 35.5. The molecule has 114 valence electrons. The van der Waals surface area contributed by atoms with E-state index in [2.05, 4.69) is 5.10 Å². The van der Waals surface area contributed by atoms with Crippen LogP contribution < -0.4 is 5.56 Å². The van der Waals surface area contributed by atoms with Gasteiger partial charge in [-0.15, -0.1) is 0 Å². The summed E-state index contributed by atoms with van der Waals surface area (Å²) < 4.78 is 3.46. The molecule has 0 spiro atoms. The fourth-order valence-corrected chi connectivity index (χ4v) is 3.18. The van der Waals surface area contributed by atoms with Crippen LogP contribution in [0.2, 0.25) is 5.02 Å². The molecule has 4 nitrogen and oxygen atoms in total. The van der Waals surface area contributed by atoms with Gasteiger partial charge < -0.3 is 4.57 Å². The first-order valence-electron chi connectivity index (χ1n) is 7.46. The Bertz CT molecular complexity index is 1080. The molecule has 0 aliphatic heterocycles. The molecule has 4 rings (SSSR count). The van der Waals surface area contributed by atoms with Gasteiger partial charge in [0.25, 0.3) is 5.56 Å². The van der Waals surface area contributed by atoms with Crippen molar-refractivity contribution in [1.29, 1.82) is 0 Å². The van der Waals surface area contributed by atoms with Crippen molar-refractivity contribution in [3.8, 4) is 5.69 Å². The van der Waals surface area contributed by atoms with Crippen molar-refractivity contribution in [3.05, 3.63) is 70.1 Å². The van der Waals surface area contributed by atoms with Crippen molar-refractivity contribution in [2.24, 2.45) is 0 Å². The molecule has 0 saturated carbocycles. The molecule has 0 atom stereocenters. The lowest BCUT2D eigenvalue weighted by Crippen LogP contribution is -2.22. The Balaban J connectivity index is 2.11. The van der Waals surface area contributed by atoms with Crippen LogP contribution in [-0.4, -0.2) is 14.3 Å². The maximum absolute atomic E-state index is 13.0. The lowest BCUT2D eigenvalue weighted by atomic mass is 10.2. The third kappa shape index (κ3) is 2.06. The highest BCUT2D eigenvalue weighted by molar-refractivity contribution is 6.30. The first-order valence-corrected chi connectivity index (χ1v) is 7.83. The predicted octanol–water partition coefficient (Wildman–Crippen LogP) is 4.01. The van der Waals surface area contributed by atoms with Gasteiger partial charge >= 0.3 is 0 Å². The lowest BCUT2D eigenvalue weighted by Gasteiger charge is -2.06. The van der Waals surface area contributed by atoms with E-state index in [4.69, 9.17) is 11.6 Å². The fourth-order valence-electron chi connectivity index (χ4n) is 3.05. The smallest absolute Gasteiger partial charge is 0.296 e. The van der Waals surface area contributed by atoms with Gasteiger partial charge in [-0.1, -0.05) is 29.8 Å². The van der Waals surface area contributed by atoms with Gasteiger partial charge in [0, 0.05) is 27.9 Å². The molecule has 0 unspecified atom stereocenters. The Kier molecular flexibility index (Phi) is 3.20. The standard InChI is InChI=1S/C18H14ClN3O/c1-2-21-16-6-4-3-5-14(16)15-11-20-22(18(23)17(15)21)13-9-7-12(19)8-10-13/h3-11H,2H2,1H3. The van der Waals surface area contributed by atoms with Gasteiger partial charge in [-0.05, 0) is 37.3 Å². The summed E-state index contributed by atoms with van der Waals surface area (Å²) in [5.41, 5.74) is 2.31. The summed E-state index contributed by atoms with van der Waals surface area (Å²) in [6.45, 7) is 2.77. The van der Waals surface area contributed by atoms with Crippen LogP contribution >= 0.6 is 11.6 Å². The van der Waals surface area contributed by atoms with E-state index in [1.54, 1.807) is 30.5 Å². The first kappa shape index (κ1) is 14.0. The topological polar surface area (TPSA) is 39.8 Å². The number of hydrogen-bond acceptors (Lipinski definition) is 2. The van der Waals surface area contributed by atoms with E-state index in [9.17, 15) is 4.79 Å². The molecular formula is C18H14ClN3O. The molecule has 0 aliphatic rings. The molecule has 23 heavy (non-hydrogen) atoms. The summed E-state index contributed by atoms with van der Waals surface area (Å²) in [5, 5.41) is 6.92. The average Bonchev–Trinajstić information content (AvgIpc) is 2.91. The van der Waals surface area contributed by atoms with Crippen molar-refractivity contribution >= 4 is 33.4 Å². The van der Waals surface area contributed by atoms with Crippen LogP contribution in [0.5, 0.6) is 0 Å². The molecule has 0 aliphatic carbocycles. The van der Waals surface area contributed by atoms with Crippen molar-refractivity contribution in [2.45, 2.75) is 13.5 Å². The molecule has 5 heteroatoms. The Morgan fingerprint density at radius 1 is 1.04 bits per heavy atom. The van der Waals surface area contributed by atoms with Crippen LogP contribution in [0, 0.1) is 0 Å². The third-order valence-electron chi connectivity index (χ3n) is 4.09. The molecule has 0 amide bonds. The van der Waals surface area contributed by atoms with Crippen LogP contribution in [-0.2, 0) is 6.54 Å². The van der Waals surface area contributed by atoms with E-state index in [0.29, 0.717) is 16.2 Å². The zero-order valence-electron chi connectivity index (χ0n) is 12.5. The number of para-hydroxylation sites is 1. The van der Waals surface area contributed by atoms with Crippen LogP contribution in [0.3, 0.4) is 0 Å². The zero-order chi connectivity index (χ0) is 16.0. The third-order valence-corrected chi connectivity index (χ3v) is 4.35. The minimum absolute atomic E-state index is 0.122. The van der Waals surface area contributed by atoms with Crippen LogP contribution in [0.15, 0.2) is 59.5 Å². The number of aryl methyl sites for hydroxylation is 1. The van der Waals surface area contributed by atoms with E-state index in [1.165, 1.54) is 4.68 Å². The normalized spacial score (nSPS) is 11.4.